The van der Waals surface area contributed by atoms with Gasteiger partial charge in [-0.2, -0.15) is 4.98 Å². The van der Waals surface area contributed by atoms with Crippen molar-refractivity contribution in [3.05, 3.63) is 40.5 Å². The molecule has 7 heteroatoms. The fraction of sp³-hybridized carbons (Fsp3) is 0.154. The molecule has 0 aliphatic carbocycles. The Morgan fingerprint density at radius 1 is 1.35 bits per heavy atom. The molecule has 2 rings (SSSR count). The topological polar surface area (TPSA) is 90.1 Å². The van der Waals surface area contributed by atoms with Crippen LogP contribution in [0.4, 0.5) is 11.6 Å². The van der Waals surface area contributed by atoms with E-state index in [9.17, 15) is 4.79 Å². The predicted molar refractivity (Wildman–Crippen MR) is 77.1 cm³/mol. The molecule has 0 fully saturated rings. The van der Waals surface area contributed by atoms with Gasteiger partial charge in [0.15, 0.2) is 0 Å². The van der Waals surface area contributed by atoms with Gasteiger partial charge in [-0.3, -0.25) is 10.1 Å². The van der Waals surface area contributed by atoms with Crippen LogP contribution in [-0.4, -0.2) is 23.0 Å². The number of nitrogens with one attached hydrogen (secondary N) is 1. The van der Waals surface area contributed by atoms with Crippen LogP contribution in [0.3, 0.4) is 0 Å². The van der Waals surface area contributed by atoms with Gasteiger partial charge in [-0.15, -0.1) is 0 Å². The lowest BCUT2D eigenvalue weighted by Gasteiger charge is -2.08. The van der Waals surface area contributed by atoms with Crippen molar-refractivity contribution in [2.24, 2.45) is 0 Å². The van der Waals surface area contributed by atoms with Gasteiger partial charge in [0, 0.05) is 17.3 Å². The Morgan fingerprint density at radius 2 is 2.10 bits per heavy atom. The highest BCUT2D eigenvalue weighted by Gasteiger charge is 2.12. The van der Waals surface area contributed by atoms with Crippen molar-refractivity contribution in [1.29, 1.82) is 0 Å². The lowest BCUT2D eigenvalue weighted by Crippen LogP contribution is -2.16. The molecule has 0 saturated heterocycles. The van der Waals surface area contributed by atoms with Crippen molar-refractivity contribution in [3.8, 4) is 5.88 Å². The molecule has 1 amide bonds. The number of benzene rings is 1. The second kappa shape index (κ2) is 5.75. The number of carbonyl (C=O) groups is 1. The Labute approximate surface area is 120 Å². The smallest absolute Gasteiger partial charge is 0.258 e. The summed E-state index contributed by atoms with van der Waals surface area (Å²) in [7, 11) is 1.45. The third kappa shape index (κ3) is 3.16. The number of halogens is 1. The molecular formula is C13H13ClN4O2. The summed E-state index contributed by atoms with van der Waals surface area (Å²) in [4.78, 5) is 20.1. The molecular weight excluding hydrogens is 280 g/mol. The molecule has 0 spiro atoms. The molecule has 0 radical (unpaired) electrons. The monoisotopic (exact) mass is 292 g/mol. The van der Waals surface area contributed by atoms with Crippen LogP contribution in [0, 0.1) is 6.92 Å². The molecule has 0 saturated carbocycles. The minimum absolute atomic E-state index is 0.0705. The van der Waals surface area contributed by atoms with Gasteiger partial charge in [0.1, 0.15) is 5.15 Å². The van der Waals surface area contributed by atoms with Crippen molar-refractivity contribution < 1.29 is 9.53 Å². The highest BCUT2D eigenvalue weighted by Crippen LogP contribution is 2.18. The molecule has 6 nitrogen and oxygen atoms in total. The summed E-state index contributed by atoms with van der Waals surface area (Å²) in [5, 5.41) is 2.74. The first kappa shape index (κ1) is 14.1. The summed E-state index contributed by atoms with van der Waals surface area (Å²) < 4.78 is 4.96. The van der Waals surface area contributed by atoms with Crippen LogP contribution in [0.2, 0.25) is 5.15 Å². The lowest BCUT2D eigenvalue weighted by molar-refractivity contribution is 0.102. The average molecular weight is 293 g/mol. The van der Waals surface area contributed by atoms with E-state index in [2.05, 4.69) is 15.3 Å². The third-order valence-electron chi connectivity index (χ3n) is 2.61. The van der Waals surface area contributed by atoms with E-state index in [-0.39, 0.29) is 22.9 Å². The van der Waals surface area contributed by atoms with Crippen molar-refractivity contribution in [2.45, 2.75) is 6.92 Å². The minimum Gasteiger partial charge on any atom is -0.481 e. The highest BCUT2D eigenvalue weighted by atomic mass is 35.5. The zero-order valence-corrected chi connectivity index (χ0v) is 11.7. The van der Waals surface area contributed by atoms with Gasteiger partial charge in [0.2, 0.25) is 11.8 Å². The zero-order valence-electron chi connectivity index (χ0n) is 11.0. The largest absolute Gasteiger partial charge is 0.481 e. The number of anilines is 2. The number of nitrogens with zero attached hydrogens (tertiary/aromatic N) is 2. The number of ether oxygens (including phenoxy) is 1. The summed E-state index contributed by atoms with van der Waals surface area (Å²) in [6.07, 6.45) is 0. The van der Waals surface area contributed by atoms with E-state index in [1.165, 1.54) is 13.2 Å². The van der Waals surface area contributed by atoms with Gasteiger partial charge in [-0.1, -0.05) is 17.7 Å². The van der Waals surface area contributed by atoms with E-state index in [1.807, 2.05) is 6.92 Å². The van der Waals surface area contributed by atoms with Crippen LogP contribution >= 0.6 is 11.6 Å². The maximum absolute atomic E-state index is 12.2. The summed E-state index contributed by atoms with van der Waals surface area (Å²) in [5.74, 6) is -0.0232. The van der Waals surface area contributed by atoms with Crippen LogP contribution in [0.15, 0.2) is 24.3 Å². The number of aromatic nitrogens is 2. The van der Waals surface area contributed by atoms with Crippen molar-refractivity contribution in [1.82, 2.24) is 9.97 Å². The Hall–Kier alpha value is -2.34. The van der Waals surface area contributed by atoms with Crippen LogP contribution in [0.5, 0.6) is 5.88 Å². The first-order valence-corrected chi connectivity index (χ1v) is 6.13. The number of carbonyl (C=O) groups excluding carboxylic acids is 1. The standard InChI is InChI=1S/C13H13ClN4O2/c1-7-3-4-8(15)5-9(7)12(19)18-13-16-10(14)6-11(17-13)20-2/h3-6H,15H2,1-2H3,(H,16,17,18,19). The number of nitrogens with two attached hydrogens (primary N) is 1. The highest BCUT2D eigenvalue weighted by molar-refractivity contribution is 6.29. The third-order valence-corrected chi connectivity index (χ3v) is 2.81. The summed E-state index contributed by atoms with van der Waals surface area (Å²) in [6, 6.07) is 6.53. The van der Waals surface area contributed by atoms with E-state index in [4.69, 9.17) is 22.1 Å². The summed E-state index contributed by atoms with van der Waals surface area (Å²) in [5.41, 5.74) is 7.43. The molecule has 0 atom stereocenters. The second-order valence-electron chi connectivity index (χ2n) is 4.09. The van der Waals surface area contributed by atoms with Gasteiger partial charge >= 0.3 is 0 Å². The number of hydrogen-bond acceptors (Lipinski definition) is 5. The molecule has 20 heavy (non-hydrogen) atoms. The van der Waals surface area contributed by atoms with E-state index in [1.54, 1.807) is 18.2 Å². The first-order valence-electron chi connectivity index (χ1n) is 5.75. The maximum Gasteiger partial charge on any atom is 0.258 e. The minimum atomic E-state index is -0.362. The van der Waals surface area contributed by atoms with Crippen LogP contribution in [0.1, 0.15) is 15.9 Å². The Balaban J connectivity index is 2.27. The second-order valence-corrected chi connectivity index (χ2v) is 4.47. The molecule has 104 valence electrons. The predicted octanol–water partition coefficient (Wildman–Crippen LogP) is 2.28. The molecule has 1 heterocycles. The Kier molecular flexibility index (Phi) is 4.05. The van der Waals surface area contributed by atoms with Crippen molar-refractivity contribution >= 4 is 29.1 Å². The maximum atomic E-state index is 12.2. The van der Waals surface area contributed by atoms with Gasteiger partial charge in [0.25, 0.3) is 5.91 Å². The lowest BCUT2D eigenvalue weighted by atomic mass is 10.1. The molecule has 2 aromatic rings. The number of rotatable bonds is 3. The van der Waals surface area contributed by atoms with E-state index >= 15 is 0 Å². The number of aryl methyl sites for hydroxylation is 1. The fourth-order valence-electron chi connectivity index (χ4n) is 1.61. The number of methoxy groups -OCH3 is 1. The SMILES string of the molecule is COc1cc(Cl)nc(NC(=O)c2cc(N)ccc2C)n1. The van der Waals surface area contributed by atoms with E-state index in [0.717, 1.165) is 5.56 Å². The van der Waals surface area contributed by atoms with Crippen molar-refractivity contribution in [2.75, 3.05) is 18.2 Å². The fourth-order valence-corrected chi connectivity index (χ4v) is 1.78. The molecule has 0 aliphatic rings. The average Bonchev–Trinajstić information content (AvgIpc) is 2.40. The molecule has 0 unspecified atom stereocenters. The van der Waals surface area contributed by atoms with Gasteiger partial charge in [0.05, 0.1) is 7.11 Å². The Bertz CT molecular complexity index is 661. The van der Waals surface area contributed by atoms with E-state index < -0.39 is 0 Å². The van der Waals surface area contributed by atoms with Gasteiger partial charge in [-0.25, -0.2) is 4.98 Å². The van der Waals surface area contributed by atoms with Crippen LogP contribution < -0.4 is 15.8 Å². The van der Waals surface area contributed by atoms with Gasteiger partial charge < -0.3 is 10.5 Å². The van der Waals surface area contributed by atoms with Crippen LogP contribution in [0.25, 0.3) is 0 Å². The van der Waals surface area contributed by atoms with E-state index in [0.29, 0.717) is 11.3 Å². The molecule has 1 aromatic heterocycles. The summed E-state index contributed by atoms with van der Waals surface area (Å²) in [6.45, 7) is 1.81. The molecule has 3 N–H and O–H groups in total. The number of hydrogen-bond donors (Lipinski definition) is 2. The Morgan fingerprint density at radius 3 is 2.80 bits per heavy atom. The normalized spacial score (nSPS) is 10.2. The van der Waals surface area contributed by atoms with Crippen LogP contribution in [-0.2, 0) is 0 Å². The number of amides is 1. The van der Waals surface area contributed by atoms with Gasteiger partial charge in [-0.05, 0) is 24.6 Å². The molecule has 0 bridgehead atoms. The first-order chi connectivity index (χ1) is 9.49. The zero-order chi connectivity index (χ0) is 14.7. The van der Waals surface area contributed by atoms with Crippen molar-refractivity contribution in [3.63, 3.8) is 0 Å². The number of nitrogen functional groups attached to an aromatic ring is 1. The molecule has 1 aromatic carbocycles. The summed E-state index contributed by atoms with van der Waals surface area (Å²) >= 11 is 5.81. The molecule has 0 aliphatic heterocycles. The quantitative estimate of drug-likeness (QED) is 0.669.